The van der Waals surface area contributed by atoms with Gasteiger partial charge in [-0.25, -0.2) is 9.78 Å². The molecule has 4 aromatic rings. The molecule has 0 N–H and O–H groups in total. The molecule has 0 aliphatic carbocycles. The van der Waals surface area contributed by atoms with Gasteiger partial charge in [0.2, 0.25) is 5.76 Å². The van der Waals surface area contributed by atoms with E-state index in [1.807, 2.05) is 45.0 Å². The Morgan fingerprint density at radius 2 is 1.79 bits per heavy atom. The first-order chi connectivity index (χ1) is 18.2. The van der Waals surface area contributed by atoms with E-state index in [4.69, 9.17) is 13.9 Å². The Kier molecular flexibility index (Phi) is 6.79. The van der Waals surface area contributed by atoms with Gasteiger partial charge in [-0.3, -0.25) is 14.5 Å². The van der Waals surface area contributed by atoms with Crippen LogP contribution >= 0.6 is 11.3 Å². The summed E-state index contributed by atoms with van der Waals surface area (Å²) in [5, 5.41) is 0.700. The quantitative estimate of drug-likeness (QED) is 0.274. The fourth-order valence-corrected chi connectivity index (χ4v) is 5.57. The number of hydrogen-bond donors (Lipinski definition) is 0. The smallest absolute Gasteiger partial charge is 0.350 e. The summed E-state index contributed by atoms with van der Waals surface area (Å²) in [5.74, 6) is -0.318. The van der Waals surface area contributed by atoms with Gasteiger partial charge in [0.25, 0.3) is 5.91 Å². The summed E-state index contributed by atoms with van der Waals surface area (Å²) in [5.41, 5.74) is 3.39. The first kappa shape index (κ1) is 25.7. The summed E-state index contributed by atoms with van der Waals surface area (Å²) in [7, 11) is 0. The van der Waals surface area contributed by atoms with Crippen molar-refractivity contribution in [2.45, 2.75) is 47.1 Å². The monoisotopic (exact) mass is 532 g/mol. The number of fused-ring (bicyclic) bond motifs is 2. The lowest BCUT2D eigenvalue weighted by atomic mass is 9.97. The van der Waals surface area contributed by atoms with Gasteiger partial charge in [0, 0.05) is 0 Å². The lowest BCUT2D eigenvalue weighted by molar-refractivity contribution is 0.0531. The summed E-state index contributed by atoms with van der Waals surface area (Å²) in [6, 6.07) is 10.1. The molecule has 38 heavy (non-hydrogen) atoms. The molecule has 0 saturated heterocycles. The van der Waals surface area contributed by atoms with Gasteiger partial charge in [-0.2, -0.15) is 0 Å². The number of aryl methyl sites for hydroxylation is 3. The Morgan fingerprint density at radius 3 is 2.47 bits per heavy atom. The maximum Gasteiger partial charge on any atom is 0.350 e. The molecule has 0 spiro atoms. The van der Waals surface area contributed by atoms with Crippen molar-refractivity contribution in [2.75, 3.05) is 18.1 Å². The van der Waals surface area contributed by atoms with E-state index in [0.29, 0.717) is 39.5 Å². The van der Waals surface area contributed by atoms with Crippen LogP contribution in [0.4, 0.5) is 5.13 Å². The Balaban J connectivity index is 1.71. The van der Waals surface area contributed by atoms with Gasteiger partial charge >= 0.3 is 5.97 Å². The van der Waals surface area contributed by atoms with E-state index in [9.17, 15) is 14.4 Å². The lowest BCUT2D eigenvalue weighted by Gasteiger charge is -2.22. The second kappa shape index (κ2) is 10.1. The van der Waals surface area contributed by atoms with Gasteiger partial charge in [0.1, 0.15) is 16.2 Å². The van der Waals surface area contributed by atoms with Crippen LogP contribution in [0.1, 0.15) is 74.5 Å². The lowest BCUT2D eigenvalue weighted by Crippen LogP contribution is -2.29. The van der Waals surface area contributed by atoms with Crippen LogP contribution in [0.5, 0.6) is 5.75 Å². The van der Waals surface area contributed by atoms with Crippen LogP contribution in [0.25, 0.3) is 11.0 Å². The van der Waals surface area contributed by atoms with Crippen molar-refractivity contribution in [3.63, 3.8) is 0 Å². The average Bonchev–Trinajstić information content (AvgIpc) is 3.42. The molecule has 2 aromatic carbocycles. The number of carbonyl (C=O) groups is 2. The molecule has 0 radical (unpaired) electrons. The van der Waals surface area contributed by atoms with Crippen molar-refractivity contribution in [3.8, 4) is 5.75 Å². The highest BCUT2D eigenvalue weighted by molar-refractivity contribution is 7.17. The van der Waals surface area contributed by atoms with Crippen LogP contribution in [0.15, 0.2) is 45.6 Å². The van der Waals surface area contributed by atoms with Crippen LogP contribution in [0.2, 0.25) is 0 Å². The van der Waals surface area contributed by atoms with E-state index in [2.05, 4.69) is 4.98 Å². The summed E-state index contributed by atoms with van der Waals surface area (Å²) in [4.78, 5) is 46.6. The first-order valence-electron chi connectivity index (χ1n) is 12.5. The minimum absolute atomic E-state index is 0.0207. The van der Waals surface area contributed by atoms with E-state index in [1.165, 1.54) is 4.90 Å². The zero-order valence-electron chi connectivity index (χ0n) is 21.9. The summed E-state index contributed by atoms with van der Waals surface area (Å²) in [6.07, 6.45) is 0.874. The van der Waals surface area contributed by atoms with Crippen molar-refractivity contribution >= 4 is 39.3 Å². The summed E-state index contributed by atoms with van der Waals surface area (Å²) in [6.45, 7) is 10.1. The van der Waals surface area contributed by atoms with Crippen LogP contribution in [0.3, 0.4) is 0 Å². The Hall–Kier alpha value is -3.98. The van der Waals surface area contributed by atoms with E-state index in [0.717, 1.165) is 28.9 Å². The maximum absolute atomic E-state index is 13.9. The highest BCUT2D eigenvalue weighted by Gasteiger charge is 2.45. The second-order valence-electron chi connectivity index (χ2n) is 9.23. The number of thiazole rings is 1. The van der Waals surface area contributed by atoms with Gasteiger partial charge < -0.3 is 13.9 Å². The molecule has 5 rings (SSSR count). The van der Waals surface area contributed by atoms with E-state index < -0.39 is 17.9 Å². The van der Waals surface area contributed by atoms with Crippen molar-refractivity contribution < 1.29 is 23.5 Å². The van der Waals surface area contributed by atoms with Gasteiger partial charge in [0.15, 0.2) is 10.6 Å². The number of amides is 1. The number of esters is 1. The normalized spacial score (nSPS) is 14.7. The molecule has 0 fully saturated rings. The molecular formula is C29H28N2O6S. The van der Waals surface area contributed by atoms with Crippen LogP contribution in [0, 0.1) is 20.8 Å². The number of rotatable bonds is 7. The van der Waals surface area contributed by atoms with E-state index in [-0.39, 0.29) is 28.5 Å². The van der Waals surface area contributed by atoms with Crippen LogP contribution in [-0.4, -0.2) is 30.1 Å². The molecular weight excluding hydrogens is 504 g/mol. The Bertz CT molecular complexity index is 1620. The third-order valence-corrected chi connectivity index (χ3v) is 7.74. The molecule has 1 aliphatic rings. The van der Waals surface area contributed by atoms with Gasteiger partial charge in [-0.1, -0.05) is 30.4 Å². The maximum atomic E-state index is 13.9. The van der Waals surface area contributed by atoms with Gasteiger partial charge in [0.05, 0.1) is 35.9 Å². The third-order valence-electron chi connectivity index (χ3n) is 6.61. The number of nitrogens with zero attached hydrogens (tertiary/aromatic N) is 2. The minimum Gasteiger partial charge on any atom is -0.494 e. The number of carbonyl (C=O) groups excluding carboxylic acids is 2. The second-order valence-corrected chi connectivity index (χ2v) is 10.2. The number of ether oxygens (including phenoxy) is 2. The molecule has 196 valence electrons. The molecule has 2 aromatic heterocycles. The van der Waals surface area contributed by atoms with Crippen molar-refractivity contribution in [1.29, 1.82) is 0 Å². The molecule has 1 unspecified atom stereocenters. The summed E-state index contributed by atoms with van der Waals surface area (Å²) >= 11 is 1.06. The van der Waals surface area contributed by atoms with Crippen LogP contribution < -0.4 is 15.1 Å². The molecule has 0 saturated carbocycles. The number of aromatic nitrogens is 1. The van der Waals surface area contributed by atoms with Crippen molar-refractivity contribution in [2.24, 2.45) is 0 Å². The molecule has 1 aliphatic heterocycles. The number of benzene rings is 2. The van der Waals surface area contributed by atoms with Crippen molar-refractivity contribution in [3.05, 3.63) is 85.2 Å². The van der Waals surface area contributed by atoms with E-state index in [1.54, 1.807) is 26.0 Å². The number of hydrogen-bond acceptors (Lipinski definition) is 8. The fraction of sp³-hybridized carbons (Fsp3) is 0.310. The minimum atomic E-state index is -0.791. The zero-order valence-corrected chi connectivity index (χ0v) is 22.7. The molecule has 0 bridgehead atoms. The fourth-order valence-electron chi connectivity index (χ4n) is 4.58. The molecule has 8 nitrogen and oxygen atoms in total. The van der Waals surface area contributed by atoms with Gasteiger partial charge in [-0.05, 0) is 75.1 Å². The van der Waals surface area contributed by atoms with E-state index >= 15 is 0 Å². The zero-order chi connectivity index (χ0) is 27.1. The van der Waals surface area contributed by atoms with Gasteiger partial charge in [-0.15, -0.1) is 0 Å². The molecule has 1 amide bonds. The largest absolute Gasteiger partial charge is 0.494 e. The average molecular weight is 533 g/mol. The number of anilines is 1. The predicted octanol–water partition coefficient (Wildman–Crippen LogP) is 5.89. The highest BCUT2D eigenvalue weighted by atomic mass is 32.1. The summed E-state index contributed by atoms with van der Waals surface area (Å²) < 4.78 is 17.0. The van der Waals surface area contributed by atoms with Crippen LogP contribution in [-0.2, 0) is 4.74 Å². The third kappa shape index (κ3) is 4.26. The molecule has 9 heteroatoms. The Labute approximate surface area is 223 Å². The predicted molar refractivity (Wildman–Crippen MR) is 146 cm³/mol. The Morgan fingerprint density at radius 1 is 1.08 bits per heavy atom. The van der Waals surface area contributed by atoms with Crippen molar-refractivity contribution in [1.82, 2.24) is 4.98 Å². The molecule has 3 heterocycles. The topological polar surface area (TPSA) is 98.9 Å². The SMILES string of the molecule is CCCOc1ccc(C2c3c(oc4cc(C)c(C)cc4c3=O)C(=O)N2c2nc(C)c(C(=O)OCC)s2)cc1. The highest BCUT2D eigenvalue weighted by Crippen LogP contribution is 2.43. The molecule has 1 atom stereocenters. The first-order valence-corrected chi connectivity index (χ1v) is 13.4. The standard InChI is InChI=1S/C29H28N2O6S/c1-6-12-36-19-10-8-18(9-11-19)23-22-24(32)20-13-15(3)16(4)14-21(20)37-25(22)27(33)31(23)29-30-17(5)26(38-29)28(34)35-7-2/h8-11,13-14,23H,6-7,12H2,1-5H3.